The van der Waals surface area contributed by atoms with Crippen molar-refractivity contribution < 1.29 is 4.74 Å². The van der Waals surface area contributed by atoms with Crippen LogP contribution in [0.15, 0.2) is 47.2 Å². The lowest BCUT2D eigenvalue weighted by Gasteiger charge is -2.45. The molecular weight excluding hydrogens is 350 g/mol. The molecule has 1 heterocycles. The zero-order chi connectivity index (χ0) is 20.3. The van der Waals surface area contributed by atoms with E-state index in [0.717, 1.165) is 17.7 Å². The van der Waals surface area contributed by atoms with Gasteiger partial charge in [0.1, 0.15) is 11.8 Å². The number of rotatable bonds is 4. The summed E-state index contributed by atoms with van der Waals surface area (Å²) in [4.78, 5) is 2.24. The van der Waals surface area contributed by atoms with Gasteiger partial charge in [-0.05, 0) is 25.1 Å². The predicted molar refractivity (Wildman–Crippen MR) is 105 cm³/mol. The molecule has 1 aliphatic carbocycles. The highest BCUT2D eigenvalue weighted by molar-refractivity contribution is 5.60. The first-order valence-corrected chi connectivity index (χ1v) is 9.45. The van der Waals surface area contributed by atoms with Crippen LogP contribution in [0.2, 0.25) is 0 Å². The lowest BCUT2D eigenvalue weighted by molar-refractivity contribution is 0.211. The standard InChI is InChI=1S/C22H23N5O/c1-3-27-10-9-15-17(11-23)21(26)22(13-24,14-25)20(18(15)12-27)16-7-5-6-8-19(16)28-4-2/h5-9,18,20H,3-4,10,12,26H2,1-2H3/t18-,20+/m1/s1. The second-order valence-electron chi connectivity index (χ2n) is 7.00. The van der Waals surface area contributed by atoms with E-state index in [4.69, 9.17) is 10.5 Å². The van der Waals surface area contributed by atoms with Crippen molar-refractivity contribution in [3.8, 4) is 24.0 Å². The molecule has 2 atom stereocenters. The molecule has 0 bridgehead atoms. The molecule has 2 N–H and O–H groups in total. The Balaban J connectivity index is 2.33. The Kier molecular flexibility index (Phi) is 5.41. The van der Waals surface area contributed by atoms with Gasteiger partial charge in [-0.25, -0.2) is 0 Å². The Hall–Kier alpha value is -3.27. The first-order chi connectivity index (χ1) is 13.6. The molecule has 0 aromatic heterocycles. The van der Waals surface area contributed by atoms with Gasteiger partial charge in [-0.3, -0.25) is 4.90 Å². The Morgan fingerprint density at radius 3 is 2.54 bits per heavy atom. The smallest absolute Gasteiger partial charge is 0.191 e. The predicted octanol–water partition coefficient (Wildman–Crippen LogP) is 2.83. The summed E-state index contributed by atoms with van der Waals surface area (Å²) in [5.41, 5.74) is 6.64. The monoisotopic (exact) mass is 373 g/mol. The normalized spacial score (nSPS) is 23.6. The van der Waals surface area contributed by atoms with Gasteiger partial charge >= 0.3 is 0 Å². The molecule has 1 aromatic rings. The number of nitriles is 3. The van der Waals surface area contributed by atoms with E-state index in [-0.39, 0.29) is 17.2 Å². The molecule has 1 aliphatic heterocycles. The van der Waals surface area contributed by atoms with E-state index in [1.165, 1.54) is 0 Å². The lowest BCUT2D eigenvalue weighted by Crippen LogP contribution is -2.48. The van der Waals surface area contributed by atoms with Crippen molar-refractivity contribution >= 4 is 0 Å². The average Bonchev–Trinajstić information content (AvgIpc) is 2.73. The quantitative estimate of drug-likeness (QED) is 0.869. The zero-order valence-electron chi connectivity index (χ0n) is 16.1. The van der Waals surface area contributed by atoms with Crippen molar-refractivity contribution in [1.29, 1.82) is 15.8 Å². The van der Waals surface area contributed by atoms with Crippen LogP contribution in [0.4, 0.5) is 0 Å². The van der Waals surface area contributed by atoms with Crippen LogP contribution in [0.1, 0.15) is 25.3 Å². The third kappa shape index (κ3) is 2.82. The van der Waals surface area contributed by atoms with Crippen molar-refractivity contribution in [2.75, 3.05) is 26.2 Å². The molecule has 142 valence electrons. The number of hydrogen-bond donors (Lipinski definition) is 1. The lowest BCUT2D eigenvalue weighted by atomic mass is 9.58. The second-order valence-corrected chi connectivity index (χ2v) is 7.00. The molecular formula is C22H23N5O. The van der Waals surface area contributed by atoms with E-state index in [0.29, 0.717) is 25.4 Å². The van der Waals surface area contributed by atoms with Crippen LogP contribution in [-0.2, 0) is 0 Å². The molecule has 0 radical (unpaired) electrons. The van der Waals surface area contributed by atoms with Crippen LogP contribution in [0, 0.1) is 45.3 Å². The maximum atomic E-state index is 10.1. The van der Waals surface area contributed by atoms with Crippen LogP contribution in [0.3, 0.4) is 0 Å². The highest BCUT2D eigenvalue weighted by Crippen LogP contribution is 2.55. The number of nitrogens with zero attached hydrogens (tertiary/aromatic N) is 4. The number of hydrogen-bond acceptors (Lipinski definition) is 6. The molecule has 0 fully saturated rings. The van der Waals surface area contributed by atoms with Crippen LogP contribution in [0.25, 0.3) is 0 Å². The maximum Gasteiger partial charge on any atom is 0.191 e. The van der Waals surface area contributed by atoms with Gasteiger partial charge in [0.05, 0.1) is 30.0 Å². The summed E-state index contributed by atoms with van der Waals surface area (Å²) in [7, 11) is 0. The fraction of sp³-hybridized carbons (Fsp3) is 0.409. The first kappa shape index (κ1) is 19.5. The first-order valence-electron chi connectivity index (χ1n) is 9.45. The number of ether oxygens (including phenoxy) is 1. The SMILES string of the molecule is CCOc1ccccc1[C@H]1[C@@H]2CN(CC)CC=C2C(C#N)=C(N)C1(C#N)C#N. The van der Waals surface area contributed by atoms with E-state index in [9.17, 15) is 15.8 Å². The number of para-hydroxylation sites is 1. The summed E-state index contributed by atoms with van der Waals surface area (Å²) >= 11 is 0. The van der Waals surface area contributed by atoms with Crippen molar-refractivity contribution in [1.82, 2.24) is 4.90 Å². The molecule has 0 unspecified atom stereocenters. The molecule has 1 aromatic carbocycles. The van der Waals surface area contributed by atoms with Crippen molar-refractivity contribution in [3.05, 3.63) is 52.7 Å². The number of likely N-dealkylation sites (N-methyl/N-ethyl adjacent to an activating group) is 1. The highest BCUT2D eigenvalue weighted by Gasteiger charge is 2.55. The van der Waals surface area contributed by atoms with Crippen molar-refractivity contribution in [2.24, 2.45) is 17.1 Å². The summed E-state index contributed by atoms with van der Waals surface area (Å²) in [5, 5.41) is 30.0. The molecule has 0 saturated carbocycles. The number of benzene rings is 1. The fourth-order valence-electron chi connectivity index (χ4n) is 4.37. The largest absolute Gasteiger partial charge is 0.494 e. The Labute approximate surface area is 165 Å². The Morgan fingerprint density at radius 1 is 1.21 bits per heavy atom. The van der Waals surface area contributed by atoms with Crippen molar-refractivity contribution in [3.63, 3.8) is 0 Å². The number of allylic oxidation sites excluding steroid dienone is 2. The number of nitrogens with two attached hydrogens (primary N) is 1. The molecule has 6 heteroatoms. The fourth-order valence-corrected chi connectivity index (χ4v) is 4.37. The van der Waals surface area contributed by atoms with Gasteiger partial charge in [0, 0.05) is 30.5 Å². The van der Waals surface area contributed by atoms with Crippen LogP contribution < -0.4 is 10.5 Å². The molecule has 0 spiro atoms. The van der Waals surface area contributed by atoms with E-state index >= 15 is 0 Å². The van der Waals surface area contributed by atoms with Gasteiger partial charge < -0.3 is 10.5 Å². The number of fused-ring (bicyclic) bond motifs is 1. The van der Waals surface area contributed by atoms with Gasteiger partial charge in [-0.2, -0.15) is 15.8 Å². The summed E-state index contributed by atoms with van der Waals surface area (Å²) in [6.45, 7) is 6.64. The third-order valence-electron chi connectivity index (χ3n) is 5.74. The van der Waals surface area contributed by atoms with E-state index in [1.807, 2.05) is 37.3 Å². The van der Waals surface area contributed by atoms with Gasteiger partial charge in [0.15, 0.2) is 5.41 Å². The van der Waals surface area contributed by atoms with Crippen LogP contribution >= 0.6 is 0 Å². The van der Waals surface area contributed by atoms with E-state index < -0.39 is 11.3 Å². The van der Waals surface area contributed by atoms with E-state index in [2.05, 4.69) is 30.0 Å². The average molecular weight is 373 g/mol. The highest BCUT2D eigenvalue weighted by atomic mass is 16.5. The molecule has 2 aliphatic rings. The minimum absolute atomic E-state index is 0.0451. The molecule has 3 rings (SSSR count). The van der Waals surface area contributed by atoms with E-state index in [1.54, 1.807) is 0 Å². The van der Waals surface area contributed by atoms with Gasteiger partial charge in [-0.1, -0.05) is 31.2 Å². The third-order valence-corrected chi connectivity index (χ3v) is 5.74. The van der Waals surface area contributed by atoms with Crippen molar-refractivity contribution in [2.45, 2.75) is 19.8 Å². The second kappa shape index (κ2) is 7.77. The van der Waals surface area contributed by atoms with Gasteiger partial charge in [0.2, 0.25) is 0 Å². The molecule has 6 nitrogen and oxygen atoms in total. The van der Waals surface area contributed by atoms with Crippen LogP contribution in [0.5, 0.6) is 5.75 Å². The summed E-state index contributed by atoms with van der Waals surface area (Å²) < 4.78 is 5.82. The van der Waals surface area contributed by atoms with Gasteiger partial charge in [0.25, 0.3) is 0 Å². The maximum absolute atomic E-state index is 10.1. The molecule has 0 saturated heterocycles. The summed E-state index contributed by atoms with van der Waals surface area (Å²) in [5.74, 6) is -0.0782. The Bertz CT molecular complexity index is 942. The minimum atomic E-state index is -1.63. The topological polar surface area (TPSA) is 110 Å². The Morgan fingerprint density at radius 2 is 1.93 bits per heavy atom. The van der Waals surface area contributed by atoms with Crippen LogP contribution in [-0.4, -0.2) is 31.1 Å². The minimum Gasteiger partial charge on any atom is -0.494 e. The summed E-state index contributed by atoms with van der Waals surface area (Å²) in [6, 6.07) is 14.0. The molecule has 0 amide bonds. The zero-order valence-corrected chi connectivity index (χ0v) is 16.1. The molecule has 28 heavy (non-hydrogen) atoms. The summed E-state index contributed by atoms with van der Waals surface area (Å²) in [6.07, 6.45) is 2.01. The van der Waals surface area contributed by atoms with Gasteiger partial charge in [-0.15, -0.1) is 0 Å².